The third-order valence-electron chi connectivity index (χ3n) is 2.77. The van der Waals surface area contributed by atoms with Gasteiger partial charge in [0.25, 0.3) is 0 Å². The second kappa shape index (κ2) is 5.98. The number of rotatable bonds is 4. The van der Waals surface area contributed by atoms with Crippen molar-refractivity contribution in [2.45, 2.75) is 19.3 Å². The zero-order valence-electron chi connectivity index (χ0n) is 8.96. The molecule has 4 heteroatoms. The molecule has 0 atom stereocenters. The molecule has 1 amide bonds. The number of carbonyl (C=O) groups excluding carboxylic acids is 1. The number of carbonyl (C=O) groups is 1. The molecular formula is C10H21N3O. The van der Waals surface area contributed by atoms with Gasteiger partial charge in [0.1, 0.15) is 0 Å². The molecule has 0 aromatic rings. The summed E-state index contributed by atoms with van der Waals surface area (Å²) in [5.74, 6) is 0.440. The number of hydrogen-bond acceptors (Lipinski definition) is 3. The van der Waals surface area contributed by atoms with Crippen LogP contribution in [0.3, 0.4) is 0 Å². The molecule has 1 saturated heterocycles. The van der Waals surface area contributed by atoms with Crippen LogP contribution in [0.25, 0.3) is 0 Å². The lowest BCUT2D eigenvalue weighted by Crippen LogP contribution is -2.39. The zero-order chi connectivity index (χ0) is 10.4. The number of amides is 1. The molecule has 1 fully saturated rings. The second-order valence-corrected chi connectivity index (χ2v) is 4.01. The van der Waals surface area contributed by atoms with Gasteiger partial charge in [0.15, 0.2) is 0 Å². The maximum absolute atomic E-state index is 11.6. The maximum Gasteiger partial charge on any atom is 0.223 e. The number of nitrogens with two attached hydrogens (primary N) is 1. The van der Waals surface area contributed by atoms with E-state index in [4.69, 9.17) is 5.73 Å². The van der Waals surface area contributed by atoms with Crippen LogP contribution in [-0.4, -0.2) is 44.0 Å². The van der Waals surface area contributed by atoms with Gasteiger partial charge in [-0.3, -0.25) is 4.79 Å². The highest BCUT2D eigenvalue weighted by molar-refractivity contribution is 5.78. The summed E-state index contributed by atoms with van der Waals surface area (Å²) in [5.41, 5.74) is 5.35. The molecule has 0 aromatic heterocycles. The van der Waals surface area contributed by atoms with Gasteiger partial charge in [0.05, 0.1) is 0 Å². The summed E-state index contributed by atoms with van der Waals surface area (Å²) in [4.78, 5) is 13.9. The fraction of sp³-hybridized carbons (Fsp3) is 0.900. The molecule has 0 aliphatic carbocycles. The van der Waals surface area contributed by atoms with Crippen LogP contribution in [0.4, 0.5) is 0 Å². The number of nitrogens with zero attached hydrogens (tertiary/aromatic N) is 1. The summed E-state index contributed by atoms with van der Waals surface area (Å²) in [6.45, 7) is 3.44. The third kappa shape index (κ3) is 3.64. The highest BCUT2D eigenvalue weighted by Gasteiger charge is 2.22. The quantitative estimate of drug-likeness (QED) is 0.616. The molecule has 0 radical (unpaired) electrons. The molecule has 4 nitrogen and oxygen atoms in total. The van der Waals surface area contributed by atoms with Crippen molar-refractivity contribution in [3.8, 4) is 0 Å². The van der Waals surface area contributed by atoms with E-state index in [1.807, 2.05) is 0 Å². The van der Waals surface area contributed by atoms with Crippen LogP contribution in [-0.2, 0) is 4.79 Å². The molecule has 1 rings (SSSR count). The zero-order valence-corrected chi connectivity index (χ0v) is 8.96. The predicted molar refractivity (Wildman–Crippen MR) is 56.9 cm³/mol. The SMILES string of the molecule is CN1CCC(C(=O)NCCCN)CC1. The maximum atomic E-state index is 11.6. The van der Waals surface area contributed by atoms with Crippen molar-refractivity contribution in [1.29, 1.82) is 0 Å². The minimum absolute atomic E-state index is 0.214. The van der Waals surface area contributed by atoms with E-state index in [-0.39, 0.29) is 11.8 Å². The first-order chi connectivity index (χ1) is 6.74. The van der Waals surface area contributed by atoms with Crippen molar-refractivity contribution >= 4 is 5.91 Å². The van der Waals surface area contributed by atoms with Gasteiger partial charge in [-0.05, 0) is 45.9 Å². The van der Waals surface area contributed by atoms with Crippen LogP contribution >= 0.6 is 0 Å². The standard InChI is InChI=1S/C10H21N3O/c1-13-7-3-9(4-8-13)10(14)12-6-2-5-11/h9H,2-8,11H2,1H3,(H,12,14). The minimum atomic E-state index is 0.214. The normalized spacial score (nSPS) is 19.6. The first kappa shape index (κ1) is 11.5. The van der Waals surface area contributed by atoms with E-state index in [1.165, 1.54) is 0 Å². The Hall–Kier alpha value is -0.610. The monoisotopic (exact) mass is 199 g/mol. The lowest BCUT2D eigenvalue weighted by atomic mass is 9.96. The molecule has 0 spiro atoms. The van der Waals surface area contributed by atoms with E-state index in [9.17, 15) is 4.79 Å². The summed E-state index contributed by atoms with van der Waals surface area (Å²) in [7, 11) is 2.10. The molecule has 1 aliphatic heterocycles. The average Bonchev–Trinajstić information content (AvgIpc) is 2.19. The van der Waals surface area contributed by atoms with Crippen LogP contribution in [0.15, 0.2) is 0 Å². The number of likely N-dealkylation sites (tertiary alicyclic amines) is 1. The molecule has 0 aromatic carbocycles. The van der Waals surface area contributed by atoms with Gasteiger partial charge in [0, 0.05) is 12.5 Å². The Bertz CT molecular complexity index is 176. The predicted octanol–water partition coefficient (Wildman–Crippen LogP) is -0.207. The molecule has 0 bridgehead atoms. The Labute approximate surface area is 85.8 Å². The molecule has 0 saturated carbocycles. The fourth-order valence-corrected chi connectivity index (χ4v) is 1.73. The van der Waals surface area contributed by atoms with Crippen LogP contribution < -0.4 is 11.1 Å². The summed E-state index contributed by atoms with van der Waals surface area (Å²) in [6.07, 6.45) is 2.86. The number of piperidine rings is 1. The Morgan fingerprint density at radius 3 is 2.71 bits per heavy atom. The highest BCUT2D eigenvalue weighted by atomic mass is 16.1. The van der Waals surface area contributed by atoms with E-state index in [0.717, 1.165) is 38.9 Å². The van der Waals surface area contributed by atoms with Gasteiger partial charge in [-0.1, -0.05) is 0 Å². The molecule has 14 heavy (non-hydrogen) atoms. The van der Waals surface area contributed by atoms with Crippen molar-refractivity contribution in [3.05, 3.63) is 0 Å². The first-order valence-electron chi connectivity index (χ1n) is 5.40. The molecule has 1 heterocycles. The van der Waals surface area contributed by atoms with Gasteiger partial charge >= 0.3 is 0 Å². The lowest BCUT2D eigenvalue weighted by molar-refractivity contribution is -0.126. The van der Waals surface area contributed by atoms with Crippen molar-refractivity contribution in [2.24, 2.45) is 11.7 Å². The van der Waals surface area contributed by atoms with Crippen LogP contribution in [0, 0.1) is 5.92 Å². The first-order valence-corrected chi connectivity index (χ1v) is 5.40. The third-order valence-corrected chi connectivity index (χ3v) is 2.77. The van der Waals surface area contributed by atoms with Gasteiger partial charge in [-0.25, -0.2) is 0 Å². The van der Waals surface area contributed by atoms with E-state index in [2.05, 4.69) is 17.3 Å². The molecule has 0 unspecified atom stereocenters. The van der Waals surface area contributed by atoms with Crippen molar-refractivity contribution in [1.82, 2.24) is 10.2 Å². The molecule has 82 valence electrons. The lowest BCUT2D eigenvalue weighted by Gasteiger charge is -2.28. The van der Waals surface area contributed by atoms with Crippen LogP contribution in [0.2, 0.25) is 0 Å². The fourth-order valence-electron chi connectivity index (χ4n) is 1.73. The topological polar surface area (TPSA) is 58.4 Å². The summed E-state index contributed by atoms with van der Waals surface area (Å²) < 4.78 is 0. The minimum Gasteiger partial charge on any atom is -0.356 e. The number of hydrogen-bond donors (Lipinski definition) is 2. The highest BCUT2D eigenvalue weighted by Crippen LogP contribution is 2.15. The van der Waals surface area contributed by atoms with Gasteiger partial charge in [-0.15, -0.1) is 0 Å². The summed E-state index contributed by atoms with van der Waals surface area (Å²) in [6, 6.07) is 0. The van der Waals surface area contributed by atoms with Crippen LogP contribution in [0.5, 0.6) is 0 Å². The van der Waals surface area contributed by atoms with E-state index >= 15 is 0 Å². The molecule has 3 N–H and O–H groups in total. The molecule has 1 aliphatic rings. The summed E-state index contributed by atoms with van der Waals surface area (Å²) in [5, 5.41) is 2.93. The Kier molecular flexibility index (Phi) is 4.90. The molecular weight excluding hydrogens is 178 g/mol. The van der Waals surface area contributed by atoms with E-state index < -0.39 is 0 Å². The van der Waals surface area contributed by atoms with Gasteiger partial charge < -0.3 is 16.0 Å². The Balaban J connectivity index is 2.17. The van der Waals surface area contributed by atoms with Gasteiger partial charge in [0.2, 0.25) is 5.91 Å². The van der Waals surface area contributed by atoms with E-state index in [1.54, 1.807) is 0 Å². The number of nitrogens with one attached hydrogen (secondary N) is 1. The second-order valence-electron chi connectivity index (χ2n) is 4.01. The smallest absolute Gasteiger partial charge is 0.223 e. The average molecular weight is 199 g/mol. The Morgan fingerprint density at radius 2 is 2.14 bits per heavy atom. The Morgan fingerprint density at radius 1 is 1.50 bits per heavy atom. The summed E-state index contributed by atoms with van der Waals surface area (Å²) >= 11 is 0. The largest absolute Gasteiger partial charge is 0.356 e. The van der Waals surface area contributed by atoms with Crippen LogP contribution in [0.1, 0.15) is 19.3 Å². The van der Waals surface area contributed by atoms with E-state index in [0.29, 0.717) is 6.54 Å². The van der Waals surface area contributed by atoms with Crippen molar-refractivity contribution in [2.75, 3.05) is 33.2 Å². The van der Waals surface area contributed by atoms with Gasteiger partial charge in [-0.2, -0.15) is 0 Å². The van der Waals surface area contributed by atoms with Crippen molar-refractivity contribution in [3.63, 3.8) is 0 Å². The van der Waals surface area contributed by atoms with Crippen molar-refractivity contribution < 1.29 is 4.79 Å².